The number of nitrogens with one attached hydrogen (secondary N) is 1. The van der Waals surface area contributed by atoms with Crippen molar-refractivity contribution in [3.05, 3.63) is 51.7 Å². The Labute approximate surface area is 110 Å². The van der Waals surface area contributed by atoms with Crippen molar-refractivity contribution in [3.63, 3.8) is 0 Å². The van der Waals surface area contributed by atoms with Gasteiger partial charge in [0.05, 0.1) is 5.01 Å². The van der Waals surface area contributed by atoms with Crippen LogP contribution in [0.3, 0.4) is 0 Å². The molecule has 1 N–H and O–H groups in total. The molecule has 1 fully saturated rings. The fourth-order valence-electron chi connectivity index (χ4n) is 1.93. The van der Waals surface area contributed by atoms with E-state index in [-0.39, 0.29) is 5.82 Å². The summed E-state index contributed by atoms with van der Waals surface area (Å²) in [6.45, 7) is 0.829. The van der Waals surface area contributed by atoms with Gasteiger partial charge in [0.25, 0.3) is 0 Å². The largest absolute Gasteiger partial charge is 0.310 e. The second-order valence-corrected chi connectivity index (χ2v) is 5.66. The number of aromatic nitrogens is 1. The summed E-state index contributed by atoms with van der Waals surface area (Å²) in [5, 5.41) is 6.32. The molecule has 94 valence electrons. The van der Waals surface area contributed by atoms with Gasteiger partial charge in [-0.3, -0.25) is 0 Å². The van der Waals surface area contributed by atoms with Gasteiger partial charge in [-0.05, 0) is 30.0 Å². The summed E-state index contributed by atoms with van der Waals surface area (Å²) in [5.41, 5.74) is 1.88. The van der Waals surface area contributed by atoms with E-state index in [4.69, 9.17) is 0 Å². The van der Waals surface area contributed by atoms with E-state index in [2.05, 4.69) is 10.3 Å². The normalized spacial score (nSPS) is 14.9. The summed E-state index contributed by atoms with van der Waals surface area (Å²) in [6.07, 6.45) is 4.89. The van der Waals surface area contributed by atoms with Gasteiger partial charge >= 0.3 is 0 Å². The first-order chi connectivity index (χ1) is 8.81. The molecule has 0 spiro atoms. The maximum atomic E-state index is 13.7. The van der Waals surface area contributed by atoms with Crippen LogP contribution in [0.15, 0.2) is 29.8 Å². The van der Waals surface area contributed by atoms with Crippen LogP contribution in [0.4, 0.5) is 4.39 Å². The standard InChI is InChI=1S/C14H15FN2S/c15-13-4-1-10(9-17-12-2-3-12)7-11(13)8-14-16-5-6-18-14/h1,4-7,12,17H,2-3,8-9H2. The highest BCUT2D eigenvalue weighted by atomic mass is 32.1. The van der Waals surface area contributed by atoms with Crippen molar-refractivity contribution in [2.24, 2.45) is 0 Å². The molecule has 0 amide bonds. The summed E-state index contributed by atoms with van der Waals surface area (Å²) in [4.78, 5) is 4.20. The molecule has 1 saturated carbocycles. The van der Waals surface area contributed by atoms with Gasteiger partial charge in [-0.25, -0.2) is 9.37 Å². The minimum atomic E-state index is -0.139. The van der Waals surface area contributed by atoms with Gasteiger partial charge in [0.15, 0.2) is 0 Å². The molecule has 1 aliphatic carbocycles. The molecule has 0 unspecified atom stereocenters. The molecule has 0 aliphatic heterocycles. The van der Waals surface area contributed by atoms with Crippen molar-refractivity contribution >= 4 is 11.3 Å². The summed E-state index contributed by atoms with van der Waals surface area (Å²) in [7, 11) is 0. The molecule has 2 nitrogen and oxygen atoms in total. The number of hydrogen-bond donors (Lipinski definition) is 1. The molecule has 1 heterocycles. The van der Waals surface area contributed by atoms with Crippen molar-refractivity contribution in [1.82, 2.24) is 10.3 Å². The fraction of sp³-hybridized carbons (Fsp3) is 0.357. The lowest BCUT2D eigenvalue weighted by molar-refractivity contribution is 0.610. The molecule has 1 aromatic heterocycles. The van der Waals surface area contributed by atoms with Crippen molar-refractivity contribution < 1.29 is 4.39 Å². The summed E-state index contributed by atoms with van der Waals surface area (Å²) >= 11 is 1.57. The van der Waals surface area contributed by atoms with Gasteiger partial charge in [-0.15, -0.1) is 11.3 Å². The third-order valence-corrected chi connectivity index (χ3v) is 3.89. The highest BCUT2D eigenvalue weighted by Gasteiger charge is 2.20. The molecule has 0 saturated heterocycles. The first-order valence-corrected chi connectivity index (χ1v) is 7.08. The van der Waals surface area contributed by atoms with Crippen molar-refractivity contribution in [3.8, 4) is 0 Å². The van der Waals surface area contributed by atoms with Crippen LogP contribution in [0, 0.1) is 5.82 Å². The second-order valence-electron chi connectivity index (χ2n) is 4.68. The van der Waals surface area contributed by atoms with Gasteiger partial charge in [0.1, 0.15) is 5.82 Å². The van der Waals surface area contributed by atoms with Gasteiger partial charge in [0.2, 0.25) is 0 Å². The van der Waals surface area contributed by atoms with E-state index in [1.807, 2.05) is 17.5 Å². The Hall–Kier alpha value is -1.26. The minimum Gasteiger partial charge on any atom is -0.310 e. The molecule has 1 aromatic carbocycles. The Bertz CT molecular complexity index is 521. The number of benzene rings is 1. The van der Waals surface area contributed by atoms with Crippen LogP contribution >= 0.6 is 11.3 Å². The molecule has 1 aliphatic rings. The molecule has 0 radical (unpaired) electrons. The Morgan fingerprint density at radius 1 is 1.39 bits per heavy atom. The van der Waals surface area contributed by atoms with Gasteiger partial charge in [-0.1, -0.05) is 12.1 Å². The van der Waals surface area contributed by atoms with E-state index in [1.54, 1.807) is 23.6 Å². The summed E-state index contributed by atoms with van der Waals surface area (Å²) in [5.74, 6) is -0.139. The van der Waals surface area contributed by atoms with Gasteiger partial charge in [-0.2, -0.15) is 0 Å². The molecular formula is C14H15FN2S. The predicted octanol–water partition coefficient (Wildman–Crippen LogP) is 3.13. The maximum Gasteiger partial charge on any atom is 0.126 e. The summed E-state index contributed by atoms with van der Waals surface area (Å²) < 4.78 is 13.7. The van der Waals surface area contributed by atoms with Crippen LogP contribution in [-0.4, -0.2) is 11.0 Å². The van der Waals surface area contributed by atoms with Crippen LogP contribution in [0.25, 0.3) is 0 Å². The third kappa shape index (κ3) is 2.94. The molecule has 2 aromatic rings. The van der Waals surface area contributed by atoms with E-state index in [1.165, 1.54) is 12.8 Å². The van der Waals surface area contributed by atoms with Crippen molar-refractivity contribution in [2.45, 2.75) is 31.8 Å². The van der Waals surface area contributed by atoms with Crippen LogP contribution in [-0.2, 0) is 13.0 Å². The lowest BCUT2D eigenvalue weighted by Gasteiger charge is -2.06. The number of rotatable bonds is 5. The average molecular weight is 262 g/mol. The quantitative estimate of drug-likeness (QED) is 0.895. The number of nitrogens with zero attached hydrogens (tertiary/aromatic N) is 1. The maximum absolute atomic E-state index is 13.7. The Kier molecular flexibility index (Phi) is 3.39. The van der Waals surface area contributed by atoms with Crippen LogP contribution in [0.2, 0.25) is 0 Å². The molecule has 4 heteroatoms. The zero-order chi connectivity index (χ0) is 12.4. The van der Waals surface area contributed by atoms with E-state index in [0.29, 0.717) is 12.5 Å². The van der Waals surface area contributed by atoms with Crippen LogP contribution in [0.1, 0.15) is 29.0 Å². The Morgan fingerprint density at radius 2 is 2.28 bits per heavy atom. The van der Waals surface area contributed by atoms with E-state index in [9.17, 15) is 4.39 Å². The van der Waals surface area contributed by atoms with Crippen LogP contribution in [0.5, 0.6) is 0 Å². The zero-order valence-corrected chi connectivity index (χ0v) is 10.8. The smallest absolute Gasteiger partial charge is 0.126 e. The van der Waals surface area contributed by atoms with Gasteiger partial charge in [0, 0.05) is 30.6 Å². The molecule has 18 heavy (non-hydrogen) atoms. The average Bonchev–Trinajstić information content (AvgIpc) is 3.07. The van der Waals surface area contributed by atoms with E-state index >= 15 is 0 Å². The first-order valence-electron chi connectivity index (χ1n) is 6.20. The minimum absolute atomic E-state index is 0.139. The number of thiazole rings is 1. The predicted molar refractivity (Wildman–Crippen MR) is 71.2 cm³/mol. The monoisotopic (exact) mass is 262 g/mol. The number of hydrogen-bond acceptors (Lipinski definition) is 3. The molecule has 0 bridgehead atoms. The Balaban J connectivity index is 1.72. The molecule has 3 rings (SSSR count). The topological polar surface area (TPSA) is 24.9 Å². The highest BCUT2D eigenvalue weighted by Crippen LogP contribution is 2.20. The SMILES string of the molecule is Fc1ccc(CNC2CC2)cc1Cc1nccs1. The number of halogens is 1. The molecular weight excluding hydrogens is 247 g/mol. The van der Waals surface area contributed by atoms with E-state index < -0.39 is 0 Å². The lowest BCUT2D eigenvalue weighted by atomic mass is 10.1. The molecule has 0 atom stereocenters. The third-order valence-electron chi connectivity index (χ3n) is 3.11. The second kappa shape index (κ2) is 5.16. The fourth-order valence-corrected chi connectivity index (χ4v) is 2.57. The Morgan fingerprint density at radius 3 is 3.00 bits per heavy atom. The van der Waals surface area contributed by atoms with Crippen molar-refractivity contribution in [1.29, 1.82) is 0 Å². The van der Waals surface area contributed by atoms with Gasteiger partial charge < -0.3 is 5.32 Å². The highest BCUT2D eigenvalue weighted by molar-refractivity contribution is 7.09. The lowest BCUT2D eigenvalue weighted by Crippen LogP contribution is -2.15. The van der Waals surface area contributed by atoms with Crippen LogP contribution < -0.4 is 5.32 Å². The van der Waals surface area contributed by atoms with Crippen molar-refractivity contribution in [2.75, 3.05) is 0 Å². The van der Waals surface area contributed by atoms with E-state index in [0.717, 1.165) is 22.7 Å². The zero-order valence-electron chi connectivity index (χ0n) is 10.0. The summed E-state index contributed by atoms with van der Waals surface area (Å²) in [6, 6.07) is 6.05. The first kappa shape index (κ1) is 11.8.